The fourth-order valence-corrected chi connectivity index (χ4v) is 9.67. The topological polar surface area (TPSA) is 60.2 Å². The molecule has 0 amide bonds. The molecule has 0 atom stereocenters. The number of imidazole rings is 1. The number of nitrogens with zero attached hydrogens (tertiary/aromatic N) is 3. The first-order chi connectivity index (χ1) is 16.4. The van der Waals surface area contributed by atoms with Crippen LogP contribution in [0.5, 0.6) is 0 Å². The van der Waals surface area contributed by atoms with Gasteiger partial charge in [-0.1, -0.05) is 81.4 Å². The van der Waals surface area contributed by atoms with E-state index in [4.69, 9.17) is 4.43 Å². The van der Waals surface area contributed by atoms with E-state index in [0.717, 1.165) is 35.0 Å². The van der Waals surface area contributed by atoms with Crippen LogP contribution in [-0.4, -0.2) is 34.6 Å². The zero-order chi connectivity index (χ0) is 24.2. The first kappa shape index (κ1) is 24.8. The third kappa shape index (κ3) is 4.89. The molecule has 4 rings (SSSR count). The number of unbranched alkanes of at least 4 members (excludes halogenated alkanes) is 1. The van der Waals surface area contributed by atoms with Gasteiger partial charge in [0.25, 0.3) is 8.32 Å². The Morgan fingerprint density at radius 3 is 2.15 bits per heavy atom. The van der Waals surface area contributed by atoms with Crippen LogP contribution in [-0.2, 0) is 17.6 Å². The molecule has 7 heteroatoms. The molecule has 0 unspecified atom stereocenters. The number of aryl methyl sites for hydroxylation is 1. The highest BCUT2D eigenvalue weighted by atomic mass is 79.9. The molecule has 0 spiro atoms. The Morgan fingerprint density at radius 1 is 0.971 bits per heavy atom. The molecule has 2 aromatic heterocycles. The molecule has 2 heterocycles. The molecule has 0 saturated carbocycles. The Balaban J connectivity index is 1.53. The van der Waals surface area contributed by atoms with Crippen molar-refractivity contribution >= 4 is 45.8 Å². The van der Waals surface area contributed by atoms with E-state index >= 15 is 0 Å². The van der Waals surface area contributed by atoms with Gasteiger partial charge in [0.15, 0.2) is 5.65 Å². The molecule has 178 valence electrons. The minimum Gasteiger partial charge on any atom is -0.407 e. The van der Waals surface area contributed by atoms with Crippen LogP contribution in [0, 0.1) is 0 Å². The van der Waals surface area contributed by atoms with Gasteiger partial charge < -0.3 is 14.1 Å². The van der Waals surface area contributed by atoms with Crippen molar-refractivity contribution in [2.45, 2.75) is 51.8 Å². The van der Waals surface area contributed by atoms with E-state index in [1.807, 2.05) is 10.6 Å². The minimum atomic E-state index is -2.51. The lowest BCUT2D eigenvalue weighted by molar-refractivity contribution is 0.262. The van der Waals surface area contributed by atoms with Crippen molar-refractivity contribution in [2.24, 2.45) is 0 Å². The van der Waals surface area contributed by atoms with Crippen LogP contribution in [0.25, 0.3) is 11.2 Å². The van der Waals surface area contributed by atoms with Gasteiger partial charge >= 0.3 is 0 Å². The number of aromatic nitrogens is 3. The molecule has 0 aliphatic heterocycles. The molecule has 2 aromatic carbocycles. The summed E-state index contributed by atoms with van der Waals surface area (Å²) in [5, 5.41) is 12.4. The van der Waals surface area contributed by atoms with Gasteiger partial charge in [-0.3, -0.25) is 0 Å². The van der Waals surface area contributed by atoms with Crippen molar-refractivity contribution < 1.29 is 9.53 Å². The van der Waals surface area contributed by atoms with Gasteiger partial charge in [-0.2, -0.15) is 0 Å². The highest BCUT2D eigenvalue weighted by molar-refractivity contribution is 9.10. The summed E-state index contributed by atoms with van der Waals surface area (Å²) in [4.78, 5) is 9.06. The fraction of sp³-hybridized carbons (Fsp3) is 0.333. The van der Waals surface area contributed by atoms with E-state index in [2.05, 4.69) is 107 Å². The van der Waals surface area contributed by atoms with Gasteiger partial charge in [0.1, 0.15) is 17.9 Å². The highest BCUT2D eigenvalue weighted by Crippen LogP contribution is 2.36. The largest absolute Gasteiger partial charge is 0.407 e. The van der Waals surface area contributed by atoms with Crippen LogP contribution in [0.4, 0.5) is 0 Å². The zero-order valence-corrected chi connectivity index (χ0v) is 22.6. The quantitative estimate of drug-likeness (QED) is 0.240. The number of hydrogen-bond donors (Lipinski definition) is 1. The summed E-state index contributed by atoms with van der Waals surface area (Å²) in [6, 6.07) is 23.4. The zero-order valence-electron chi connectivity index (χ0n) is 20.0. The molecular formula is C27H32BrN3O2Si. The second-order valence-electron chi connectivity index (χ2n) is 9.55. The Hall–Kier alpha value is -2.32. The van der Waals surface area contributed by atoms with Gasteiger partial charge in [0.05, 0.1) is 0 Å². The van der Waals surface area contributed by atoms with E-state index in [9.17, 15) is 5.11 Å². The van der Waals surface area contributed by atoms with E-state index < -0.39 is 8.32 Å². The van der Waals surface area contributed by atoms with Crippen molar-refractivity contribution in [1.82, 2.24) is 14.5 Å². The minimum absolute atomic E-state index is 0.0301. The molecule has 1 N–H and O–H groups in total. The Labute approximate surface area is 211 Å². The van der Waals surface area contributed by atoms with Crippen molar-refractivity contribution in [3.63, 3.8) is 0 Å². The average molecular weight is 539 g/mol. The van der Waals surface area contributed by atoms with E-state index in [0.29, 0.717) is 12.4 Å². The molecule has 0 aliphatic rings. The summed E-state index contributed by atoms with van der Waals surface area (Å²) < 4.78 is 9.89. The Kier molecular flexibility index (Phi) is 7.67. The maximum absolute atomic E-state index is 9.80. The normalized spacial score (nSPS) is 12.4. The summed E-state index contributed by atoms with van der Waals surface area (Å²) in [7, 11) is -2.51. The van der Waals surface area contributed by atoms with Crippen LogP contribution in [0.15, 0.2) is 77.4 Å². The lowest BCUT2D eigenvalue weighted by Crippen LogP contribution is -2.66. The van der Waals surface area contributed by atoms with E-state index in [1.54, 1.807) is 6.20 Å². The van der Waals surface area contributed by atoms with Crippen LogP contribution in [0.3, 0.4) is 0 Å². The number of benzene rings is 2. The smallest absolute Gasteiger partial charge is 0.261 e. The predicted octanol–water partition coefficient (Wildman–Crippen LogP) is 5.04. The van der Waals surface area contributed by atoms with E-state index in [1.165, 1.54) is 10.4 Å². The Bertz CT molecular complexity index is 1180. The number of fused-ring (bicyclic) bond motifs is 1. The first-order valence-electron chi connectivity index (χ1n) is 11.7. The summed E-state index contributed by atoms with van der Waals surface area (Å²) >= 11 is 3.45. The average Bonchev–Trinajstić information content (AvgIpc) is 3.18. The van der Waals surface area contributed by atoms with Crippen LogP contribution in [0.1, 0.15) is 39.4 Å². The summed E-state index contributed by atoms with van der Waals surface area (Å²) in [6.07, 6.45) is 3.59. The Morgan fingerprint density at radius 2 is 1.59 bits per heavy atom. The van der Waals surface area contributed by atoms with Crippen molar-refractivity contribution in [3.05, 3.63) is 83.2 Å². The fourth-order valence-electron chi connectivity index (χ4n) is 4.75. The third-order valence-corrected chi connectivity index (χ3v) is 11.8. The lowest BCUT2D eigenvalue weighted by atomic mass is 10.2. The number of hydrogen-bond acceptors (Lipinski definition) is 4. The number of rotatable bonds is 9. The van der Waals surface area contributed by atoms with Crippen molar-refractivity contribution in [1.29, 1.82) is 0 Å². The summed E-state index contributed by atoms with van der Waals surface area (Å²) in [6.45, 7) is 8.21. The standard InChI is InChI=1S/C27H32BrN3O2Si/c1-27(2,3)34(22-12-6-4-7-13-22,23-14-8-5-9-15-23)33-17-11-10-16-31-25(20-32)30-24-18-21(28)19-29-26(24)31/h4-9,12-15,18-19,32H,10-11,16-17,20H2,1-3H3. The van der Waals surface area contributed by atoms with Crippen LogP contribution in [0.2, 0.25) is 5.04 Å². The lowest BCUT2D eigenvalue weighted by Gasteiger charge is -2.43. The summed E-state index contributed by atoms with van der Waals surface area (Å²) in [5.41, 5.74) is 1.60. The second kappa shape index (κ2) is 10.5. The number of aliphatic hydroxyl groups is 1. The molecule has 0 bridgehead atoms. The van der Waals surface area contributed by atoms with Gasteiger partial charge in [0.2, 0.25) is 0 Å². The van der Waals surface area contributed by atoms with Crippen LogP contribution < -0.4 is 10.4 Å². The second-order valence-corrected chi connectivity index (χ2v) is 14.8. The number of halogens is 1. The predicted molar refractivity (Wildman–Crippen MR) is 144 cm³/mol. The molecule has 0 fully saturated rings. The van der Waals surface area contributed by atoms with E-state index in [-0.39, 0.29) is 11.6 Å². The van der Waals surface area contributed by atoms with Crippen molar-refractivity contribution in [3.8, 4) is 0 Å². The molecule has 0 radical (unpaired) electrons. The molecule has 0 saturated heterocycles. The maximum Gasteiger partial charge on any atom is 0.261 e. The highest BCUT2D eigenvalue weighted by Gasteiger charge is 2.49. The van der Waals surface area contributed by atoms with Gasteiger partial charge in [-0.05, 0) is 50.2 Å². The first-order valence-corrected chi connectivity index (χ1v) is 14.4. The third-order valence-electron chi connectivity index (χ3n) is 6.28. The molecule has 4 aromatic rings. The van der Waals surface area contributed by atoms with Gasteiger partial charge in [0, 0.05) is 23.8 Å². The van der Waals surface area contributed by atoms with Gasteiger partial charge in [-0.15, -0.1) is 0 Å². The maximum atomic E-state index is 9.80. The molecule has 0 aliphatic carbocycles. The van der Waals surface area contributed by atoms with Gasteiger partial charge in [-0.25, -0.2) is 9.97 Å². The molecule has 34 heavy (non-hydrogen) atoms. The number of aliphatic hydroxyl groups excluding tert-OH is 1. The summed E-state index contributed by atoms with van der Waals surface area (Å²) in [5.74, 6) is 0.647. The number of pyridine rings is 1. The monoisotopic (exact) mass is 537 g/mol. The SMILES string of the molecule is CC(C)(C)[Si](OCCCCn1c(CO)nc2cc(Br)cnc21)(c1ccccc1)c1ccccc1. The van der Waals surface area contributed by atoms with Crippen LogP contribution >= 0.6 is 15.9 Å². The van der Waals surface area contributed by atoms with Crippen molar-refractivity contribution in [2.75, 3.05) is 6.61 Å². The molecular weight excluding hydrogens is 506 g/mol. The molecule has 5 nitrogen and oxygen atoms in total.